The Kier molecular flexibility index (Phi) is 14.9. The molecule has 0 bridgehead atoms. The molecule has 1 fully saturated rings. The Morgan fingerprint density at radius 2 is 2.02 bits per heavy atom. The van der Waals surface area contributed by atoms with Crippen LogP contribution in [0.3, 0.4) is 0 Å². The zero-order chi connectivity index (χ0) is 26.5. The molecule has 8 N–H and O–H groups in total. The number of anilines is 1. The summed E-state index contributed by atoms with van der Waals surface area (Å²) in [5.74, 6) is -1.75. The van der Waals surface area contributed by atoms with Gasteiger partial charge in [-0.25, -0.2) is 9.78 Å². The summed E-state index contributed by atoms with van der Waals surface area (Å²) in [7, 11) is 0. The molecule has 2 aliphatic rings. The highest BCUT2D eigenvalue weighted by atomic mass is 35.5. The number of thioether (sulfide) groups is 2. The Bertz CT molecular complexity index is 1260. The van der Waals surface area contributed by atoms with Gasteiger partial charge in [-0.15, -0.1) is 70.5 Å². The number of fused-ring (bicyclic) bond motifs is 1. The van der Waals surface area contributed by atoms with Crippen LogP contribution in [0.15, 0.2) is 26.1 Å². The smallest absolute Gasteiger partial charge is 0.352 e. The number of aliphatic carboxylic acids is 1. The largest absolute Gasteiger partial charge is 0.477 e. The molecule has 2 aliphatic heterocycles. The highest BCUT2D eigenvalue weighted by Gasteiger charge is 2.54. The first kappa shape index (κ1) is 36.1. The van der Waals surface area contributed by atoms with E-state index < -0.39 is 29.2 Å². The number of nitrogens with zero attached hydrogens (tertiary/aromatic N) is 5. The fourth-order valence-electron chi connectivity index (χ4n) is 3.39. The normalized spacial score (nSPS) is 18.0. The van der Waals surface area contributed by atoms with Crippen molar-refractivity contribution >= 4 is 112 Å². The summed E-state index contributed by atoms with van der Waals surface area (Å²) in [6.07, 6.45) is 0.532. The zero-order valence-corrected chi connectivity index (χ0v) is 26.1. The van der Waals surface area contributed by atoms with Crippen molar-refractivity contribution in [3.63, 3.8) is 0 Å². The van der Waals surface area contributed by atoms with Gasteiger partial charge in [0.25, 0.3) is 11.8 Å². The Hall–Kier alpha value is -1.90. The summed E-state index contributed by atoms with van der Waals surface area (Å²) in [5.41, 5.74) is 17.3. The molecule has 4 rings (SSSR count). The van der Waals surface area contributed by atoms with Crippen molar-refractivity contribution in [3.05, 3.63) is 27.4 Å². The Morgan fingerprint density at radius 3 is 2.62 bits per heavy atom. The number of β-lactam (4-membered cyclic amide) rings is 1. The SMILES string of the molecule is Cl.Cl.Cl.NCCCON=C(C(=O)NC1C(=O)N2C(C(=O)O)=C(CSc3nnc(CN)s3)CS[C@H]12)c1csc(N)n1. The van der Waals surface area contributed by atoms with Crippen LogP contribution in [0.5, 0.6) is 0 Å². The van der Waals surface area contributed by atoms with Gasteiger partial charge in [-0.05, 0) is 18.5 Å². The second kappa shape index (κ2) is 16.5. The lowest BCUT2D eigenvalue weighted by Crippen LogP contribution is -2.71. The summed E-state index contributed by atoms with van der Waals surface area (Å²) in [6.45, 7) is 0.859. The minimum absolute atomic E-state index is 0. The molecule has 1 saturated heterocycles. The summed E-state index contributed by atoms with van der Waals surface area (Å²) < 4.78 is 0.660. The topological polar surface area (TPSA) is 225 Å². The number of hydrogen-bond acceptors (Lipinski definition) is 15. The number of carboxylic acid groups (broad SMARTS) is 1. The van der Waals surface area contributed by atoms with Crippen molar-refractivity contribution in [1.82, 2.24) is 25.4 Å². The summed E-state index contributed by atoms with van der Waals surface area (Å²) in [4.78, 5) is 48.6. The van der Waals surface area contributed by atoms with Crippen LogP contribution in [0, 0.1) is 0 Å². The molecule has 0 spiro atoms. The molecule has 0 radical (unpaired) electrons. The Morgan fingerprint density at radius 1 is 1.27 bits per heavy atom. The van der Waals surface area contributed by atoms with Crippen molar-refractivity contribution in [2.75, 3.05) is 30.4 Å². The molecule has 222 valence electrons. The lowest BCUT2D eigenvalue weighted by atomic mass is 10.0. The van der Waals surface area contributed by atoms with Gasteiger partial charge in [-0.1, -0.05) is 28.3 Å². The van der Waals surface area contributed by atoms with Gasteiger partial charge in [0, 0.05) is 23.4 Å². The maximum atomic E-state index is 13.1. The minimum atomic E-state index is -1.22. The average molecular weight is 695 g/mol. The number of oxime groups is 1. The second-order valence-corrected chi connectivity index (χ2v) is 11.8. The molecule has 2 aromatic heterocycles. The van der Waals surface area contributed by atoms with Crippen LogP contribution in [0.4, 0.5) is 5.13 Å². The summed E-state index contributed by atoms with van der Waals surface area (Å²) >= 11 is 5.15. The van der Waals surface area contributed by atoms with E-state index in [-0.39, 0.29) is 72.6 Å². The van der Waals surface area contributed by atoms with Crippen molar-refractivity contribution < 1.29 is 24.3 Å². The number of nitrogen functional groups attached to an aromatic ring is 1. The first-order chi connectivity index (χ1) is 17.8. The number of thiazole rings is 1. The van der Waals surface area contributed by atoms with E-state index in [4.69, 9.17) is 22.0 Å². The standard InChI is InChI=1S/C19H23N9O5S4.3ClH/c20-2-1-3-33-27-11(9-7-35-18(22)23-9)14(29)24-12-15(30)28-13(17(31)32)8(5-34-16(12)28)6-36-19-26-25-10(4-21)37-19;;;/h7,12,16H,1-6,20-21H2,(H2,22,23)(H,24,29)(H,31,32);3*1H/t12?,16-;;;/m1.../s1. The average Bonchev–Trinajstić information content (AvgIpc) is 3.53. The van der Waals surface area contributed by atoms with Crippen molar-refractivity contribution in [3.8, 4) is 0 Å². The molecule has 0 aromatic carbocycles. The number of aromatic nitrogens is 3. The fraction of sp³-hybridized carbons (Fsp3) is 0.421. The third kappa shape index (κ3) is 8.10. The van der Waals surface area contributed by atoms with Crippen LogP contribution < -0.4 is 22.5 Å². The van der Waals surface area contributed by atoms with Crippen LogP contribution in [-0.4, -0.2) is 84.8 Å². The first-order valence-corrected chi connectivity index (χ1v) is 14.5. The van der Waals surface area contributed by atoms with Crippen molar-refractivity contribution in [1.29, 1.82) is 0 Å². The van der Waals surface area contributed by atoms with E-state index in [1.807, 2.05) is 0 Å². The van der Waals surface area contributed by atoms with Gasteiger partial charge in [0.2, 0.25) is 0 Å². The lowest BCUT2D eigenvalue weighted by Gasteiger charge is -2.49. The van der Waals surface area contributed by atoms with Gasteiger partial charge in [0.05, 0.1) is 0 Å². The van der Waals surface area contributed by atoms with E-state index in [1.54, 1.807) is 5.38 Å². The molecule has 14 nitrogen and oxygen atoms in total. The molecule has 4 heterocycles. The number of carboxylic acids is 1. The maximum absolute atomic E-state index is 13.1. The van der Waals surface area contributed by atoms with Gasteiger partial charge in [-0.3, -0.25) is 14.5 Å². The fourth-order valence-corrected chi connectivity index (χ4v) is 7.20. The molecule has 0 saturated carbocycles. The van der Waals surface area contributed by atoms with Gasteiger partial charge in [0.1, 0.15) is 34.4 Å². The molecular weight excluding hydrogens is 669 g/mol. The monoisotopic (exact) mass is 693 g/mol. The van der Waals surface area contributed by atoms with E-state index in [1.165, 1.54) is 39.8 Å². The third-order valence-corrected chi connectivity index (χ3v) is 9.28. The maximum Gasteiger partial charge on any atom is 0.352 e. The van der Waals surface area contributed by atoms with Crippen LogP contribution in [0.2, 0.25) is 0 Å². The van der Waals surface area contributed by atoms with Crippen LogP contribution in [0.25, 0.3) is 0 Å². The molecule has 21 heteroatoms. The van der Waals surface area contributed by atoms with E-state index in [0.717, 1.165) is 11.3 Å². The molecule has 0 aliphatic carbocycles. The highest BCUT2D eigenvalue weighted by Crippen LogP contribution is 2.41. The van der Waals surface area contributed by atoms with Gasteiger partial charge in [-0.2, -0.15) is 0 Å². The van der Waals surface area contributed by atoms with E-state index in [2.05, 4.69) is 25.7 Å². The van der Waals surface area contributed by atoms with Crippen molar-refractivity contribution in [2.24, 2.45) is 16.6 Å². The third-order valence-electron chi connectivity index (χ3n) is 5.10. The van der Waals surface area contributed by atoms with E-state index >= 15 is 0 Å². The molecular formula is C19H26Cl3N9O5S4. The quantitative estimate of drug-likeness (QED) is 0.0685. The summed E-state index contributed by atoms with van der Waals surface area (Å²) in [5, 5.41) is 26.3. The number of carbonyl (C=O) groups is 3. The van der Waals surface area contributed by atoms with E-state index in [0.29, 0.717) is 39.4 Å². The predicted octanol–water partition coefficient (Wildman–Crippen LogP) is 0.901. The number of nitrogens with two attached hydrogens (primary N) is 3. The number of halogens is 3. The van der Waals surface area contributed by atoms with Crippen LogP contribution in [-0.2, 0) is 25.8 Å². The number of hydrogen-bond donors (Lipinski definition) is 5. The van der Waals surface area contributed by atoms with E-state index in [9.17, 15) is 19.5 Å². The lowest BCUT2D eigenvalue weighted by molar-refractivity contribution is -0.150. The molecule has 2 atom stereocenters. The van der Waals surface area contributed by atoms with Gasteiger partial charge < -0.3 is 32.5 Å². The Balaban J connectivity index is 0.00000267. The number of nitrogens with one attached hydrogen (secondary N) is 1. The van der Waals surface area contributed by atoms with Crippen LogP contribution in [0.1, 0.15) is 17.1 Å². The first-order valence-electron chi connectivity index (χ1n) is 10.8. The second-order valence-electron chi connectivity index (χ2n) is 7.56. The minimum Gasteiger partial charge on any atom is -0.477 e. The van der Waals surface area contributed by atoms with Gasteiger partial charge in [0.15, 0.2) is 15.2 Å². The molecule has 2 amide bonds. The highest BCUT2D eigenvalue weighted by molar-refractivity contribution is 8.01. The zero-order valence-electron chi connectivity index (χ0n) is 20.4. The Labute approximate surface area is 263 Å². The molecule has 1 unspecified atom stereocenters. The number of rotatable bonds is 12. The van der Waals surface area contributed by atoms with Crippen LogP contribution >= 0.6 is 83.4 Å². The summed E-state index contributed by atoms with van der Waals surface area (Å²) in [6, 6.07) is -0.943. The van der Waals surface area contributed by atoms with Crippen molar-refractivity contribution in [2.45, 2.75) is 28.7 Å². The predicted molar refractivity (Wildman–Crippen MR) is 163 cm³/mol. The number of carbonyl (C=O) groups excluding carboxylic acids is 2. The molecule has 2 aromatic rings. The molecule has 40 heavy (non-hydrogen) atoms. The number of amides is 2. The van der Waals surface area contributed by atoms with Gasteiger partial charge >= 0.3 is 5.97 Å².